The van der Waals surface area contributed by atoms with Crippen LogP contribution in [0.4, 0.5) is 8.78 Å². The molecule has 0 aliphatic heterocycles. The molecule has 1 unspecified atom stereocenters. The Morgan fingerprint density at radius 3 is 2.72 bits per heavy atom. The highest BCUT2D eigenvalue weighted by Gasteiger charge is 2.16. The van der Waals surface area contributed by atoms with Crippen LogP contribution in [0.25, 0.3) is 0 Å². The Morgan fingerprint density at radius 1 is 1.39 bits per heavy atom. The van der Waals surface area contributed by atoms with Gasteiger partial charge < -0.3 is 10.5 Å². The van der Waals surface area contributed by atoms with Crippen molar-refractivity contribution in [2.45, 2.75) is 13.0 Å². The molecule has 0 aromatic heterocycles. The molecule has 102 valence electrons. The molecule has 0 spiro atoms. The highest BCUT2D eigenvalue weighted by molar-refractivity contribution is 5.22. The number of hydrogen-bond acceptors (Lipinski definition) is 3. The molecule has 0 bridgehead atoms. The van der Waals surface area contributed by atoms with Gasteiger partial charge in [-0.2, -0.15) is 0 Å². The molecule has 1 aromatic carbocycles. The van der Waals surface area contributed by atoms with Gasteiger partial charge in [-0.05, 0) is 12.6 Å². The fourth-order valence-corrected chi connectivity index (χ4v) is 1.78. The van der Waals surface area contributed by atoms with Gasteiger partial charge in [0.2, 0.25) is 0 Å². The van der Waals surface area contributed by atoms with Crippen molar-refractivity contribution in [3.05, 3.63) is 35.4 Å². The number of halogens is 2. The van der Waals surface area contributed by atoms with Crippen molar-refractivity contribution < 1.29 is 13.5 Å². The molecule has 0 saturated carbocycles. The fourth-order valence-electron chi connectivity index (χ4n) is 1.78. The zero-order chi connectivity index (χ0) is 13.5. The summed E-state index contributed by atoms with van der Waals surface area (Å²) in [5.41, 5.74) is 6.14. The summed E-state index contributed by atoms with van der Waals surface area (Å²) in [5, 5.41) is 0. The van der Waals surface area contributed by atoms with Gasteiger partial charge in [0.1, 0.15) is 0 Å². The van der Waals surface area contributed by atoms with Gasteiger partial charge >= 0.3 is 0 Å². The number of methoxy groups -OCH3 is 1. The van der Waals surface area contributed by atoms with Crippen LogP contribution in [-0.4, -0.2) is 38.3 Å². The van der Waals surface area contributed by atoms with E-state index in [1.165, 1.54) is 12.1 Å². The predicted molar refractivity (Wildman–Crippen MR) is 67.3 cm³/mol. The molecule has 3 nitrogen and oxygen atoms in total. The number of rotatable bonds is 7. The summed E-state index contributed by atoms with van der Waals surface area (Å²) in [7, 11) is 1.63. The first kappa shape index (κ1) is 15.0. The largest absolute Gasteiger partial charge is 0.383 e. The number of nitrogens with zero attached hydrogens (tertiary/aromatic N) is 1. The first-order valence-electron chi connectivity index (χ1n) is 6.00. The van der Waals surface area contributed by atoms with Crippen molar-refractivity contribution in [1.29, 1.82) is 0 Å². The molecule has 0 aliphatic rings. The highest BCUT2D eigenvalue weighted by Crippen LogP contribution is 2.18. The third-order valence-electron chi connectivity index (χ3n) is 2.89. The van der Waals surface area contributed by atoms with E-state index in [1.807, 2.05) is 11.8 Å². The topological polar surface area (TPSA) is 38.5 Å². The Bertz CT molecular complexity index is 374. The van der Waals surface area contributed by atoms with E-state index in [9.17, 15) is 8.78 Å². The van der Waals surface area contributed by atoms with E-state index < -0.39 is 17.7 Å². The number of likely N-dealkylation sites (N-methyl/N-ethyl adjacent to an activating group) is 1. The van der Waals surface area contributed by atoms with Crippen molar-refractivity contribution in [3.63, 3.8) is 0 Å². The van der Waals surface area contributed by atoms with Crippen molar-refractivity contribution in [2.75, 3.05) is 33.4 Å². The van der Waals surface area contributed by atoms with Gasteiger partial charge in [0.05, 0.1) is 6.61 Å². The first-order valence-corrected chi connectivity index (χ1v) is 6.00. The summed E-state index contributed by atoms with van der Waals surface area (Å²) in [6, 6.07) is 3.54. The average Bonchev–Trinajstić information content (AvgIpc) is 2.37. The molecule has 0 heterocycles. The van der Waals surface area contributed by atoms with Crippen LogP contribution in [0.3, 0.4) is 0 Å². The average molecular weight is 258 g/mol. The number of hydrogen-bond donors (Lipinski definition) is 1. The maximum Gasteiger partial charge on any atom is 0.163 e. The van der Waals surface area contributed by atoms with E-state index in [1.54, 1.807) is 7.11 Å². The zero-order valence-corrected chi connectivity index (χ0v) is 10.8. The van der Waals surface area contributed by atoms with Crippen LogP contribution < -0.4 is 5.73 Å². The second-order valence-corrected chi connectivity index (χ2v) is 4.14. The Balaban J connectivity index is 2.68. The molecular weight excluding hydrogens is 238 g/mol. The van der Waals surface area contributed by atoms with E-state index in [2.05, 4.69) is 0 Å². The van der Waals surface area contributed by atoms with Crippen LogP contribution in [0.15, 0.2) is 18.2 Å². The minimum absolute atomic E-state index is 0.214. The third kappa shape index (κ3) is 4.01. The second-order valence-electron chi connectivity index (χ2n) is 4.14. The Labute approximate surface area is 107 Å². The van der Waals surface area contributed by atoms with Gasteiger partial charge in [-0.1, -0.05) is 19.1 Å². The monoisotopic (exact) mass is 258 g/mol. The first-order chi connectivity index (χ1) is 8.60. The molecule has 1 aromatic rings. The van der Waals surface area contributed by atoms with Gasteiger partial charge in [-0.15, -0.1) is 0 Å². The van der Waals surface area contributed by atoms with Gasteiger partial charge in [-0.25, -0.2) is 8.78 Å². The van der Waals surface area contributed by atoms with E-state index in [4.69, 9.17) is 10.5 Å². The summed E-state index contributed by atoms with van der Waals surface area (Å²) in [4.78, 5) is 2.04. The molecule has 0 radical (unpaired) electrons. The smallest absolute Gasteiger partial charge is 0.163 e. The number of nitrogens with two attached hydrogens (primary N) is 1. The molecular formula is C13H20F2N2O. The molecule has 0 saturated heterocycles. The molecule has 1 rings (SSSR count). The third-order valence-corrected chi connectivity index (χ3v) is 2.89. The van der Waals surface area contributed by atoms with Gasteiger partial charge in [-0.3, -0.25) is 4.90 Å². The quantitative estimate of drug-likeness (QED) is 0.812. The van der Waals surface area contributed by atoms with Crippen LogP contribution in [0.1, 0.15) is 18.5 Å². The van der Waals surface area contributed by atoms with E-state index in [0.29, 0.717) is 13.2 Å². The van der Waals surface area contributed by atoms with Crippen LogP contribution >= 0.6 is 0 Å². The van der Waals surface area contributed by atoms with Crippen molar-refractivity contribution in [1.82, 2.24) is 4.90 Å². The fraction of sp³-hybridized carbons (Fsp3) is 0.538. The normalized spacial score (nSPS) is 13.0. The Kier molecular flexibility index (Phi) is 6.18. The molecule has 1 atom stereocenters. The lowest BCUT2D eigenvalue weighted by Gasteiger charge is -2.24. The molecule has 18 heavy (non-hydrogen) atoms. The maximum absolute atomic E-state index is 13.6. The molecule has 0 aliphatic carbocycles. The minimum Gasteiger partial charge on any atom is -0.383 e. The lowest BCUT2D eigenvalue weighted by Crippen LogP contribution is -2.34. The number of benzene rings is 1. The van der Waals surface area contributed by atoms with Crippen molar-refractivity contribution in [2.24, 2.45) is 5.73 Å². The highest BCUT2D eigenvalue weighted by atomic mass is 19.2. The molecule has 0 fully saturated rings. The molecule has 2 N–H and O–H groups in total. The molecule has 0 amide bonds. The van der Waals surface area contributed by atoms with Crippen molar-refractivity contribution >= 4 is 0 Å². The second kappa shape index (κ2) is 7.41. The van der Waals surface area contributed by atoms with E-state index in [0.717, 1.165) is 19.2 Å². The van der Waals surface area contributed by atoms with Crippen molar-refractivity contribution in [3.8, 4) is 0 Å². The van der Waals surface area contributed by atoms with E-state index >= 15 is 0 Å². The van der Waals surface area contributed by atoms with Crippen LogP contribution in [0.2, 0.25) is 0 Å². The minimum atomic E-state index is -0.858. The summed E-state index contributed by atoms with van der Waals surface area (Å²) in [6.45, 7) is 4.56. The summed E-state index contributed by atoms with van der Waals surface area (Å²) < 4.78 is 31.6. The summed E-state index contributed by atoms with van der Waals surface area (Å²) >= 11 is 0. The SMILES string of the molecule is CCN(CCOC)CC(N)c1cccc(F)c1F. The lowest BCUT2D eigenvalue weighted by molar-refractivity contribution is 0.147. The van der Waals surface area contributed by atoms with Crippen LogP contribution in [-0.2, 0) is 4.74 Å². The summed E-state index contributed by atoms with van der Waals surface area (Å²) in [5.74, 6) is -1.71. The lowest BCUT2D eigenvalue weighted by atomic mass is 10.1. The van der Waals surface area contributed by atoms with Gasteiger partial charge in [0, 0.05) is 31.8 Å². The Morgan fingerprint density at radius 2 is 2.11 bits per heavy atom. The molecule has 5 heteroatoms. The number of ether oxygens (including phenoxy) is 1. The van der Waals surface area contributed by atoms with E-state index in [-0.39, 0.29) is 5.56 Å². The summed E-state index contributed by atoms with van der Waals surface area (Å²) in [6.07, 6.45) is 0. The van der Waals surface area contributed by atoms with Gasteiger partial charge in [0.25, 0.3) is 0 Å². The maximum atomic E-state index is 13.6. The van der Waals surface area contributed by atoms with Crippen LogP contribution in [0, 0.1) is 11.6 Å². The zero-order valence-electron chi connectivity index (χ0n) is 10.8. The van der Waals surface area contributed by atoms with Gasteiger partial charge in [0.15, 0.2) is 11.6 Å². The predicted octanol–water partition coefficient (Wildman–Crippen LogP) is 1.93. The Hall–Kier alpha value is -1.04. The van der Waals surface area contributed by atoms with Crippen LogP contribution in [0.5, 0.6) is 0 Å². The standard InChI is InChI=1S/C13H20F2N2O/c1-3-17(7-8-18-2)9-12(16)10-5-4-6-11(14)13(10)15/h4-6,12H,3,7-9,16H2,1-2H3.